The number of benzene rings is 1. The molecule has 3 aromatic heterocycles. The van der Waals surface area contributed by atoms with E-state index in [1.165, 1.54) is 38.1 Å². The molecule has 4 aromatic rings. The Balaban J connectivity index is 1.21. The van der Waals surface area contributed by atoms with E-state index in [0.717, 1.165) is 47.9 Å². The molecular formula is C26H27F3N6O. The Bertz CT molecular complexity index is 1290. The van der Waals surface area contributed by atoms with Crippen LogP contribution in [0.25, 0.3) is 22.8 Å². The van der Waals surface area contributed by atoms with Crippen molar-refractivity contribution in [2.24, 2.45) is 0 Å². The van der Waals surface area contributed by atoms with Gasteiger partial charge in [-0.3, -0.25) is 0 Å². The van der Waals surface area contributed by atoms with Gasteiger partial charge in [0.2, 0.25) is 5.82 Å². The Morgan fingerprint density at radius 1 is 1.03 bits per heavy atom. The zero-order valence-electron chi connectivity index (χ0n) is 19.9. The number of nitrogens with zero attached hydrogens (tertiary/aromatic N) is 5. The maximum Gasteiger partial charge on any atom is 0.416 e. The van der Waals surface area contributed by atoms with Crippen molar-refractivity contribution in [2.45, 2.75) is 32.5 Å². The van der Waals surface area contributed by atoms with Crippen molar-refractivity contribution in [2.75, 3.05) is 31.5 Å². The summed E-state index contributed by atoms with van der Waals surface area (Å²) in [6.07, 6.45) is 1.98. The van der Waals surface area contributed by atoms with E-state index in [2.05, 4.69) is 36.0 Å². The predicted octanol–water partition coefficient (Wildman–Crippen LogP) is 5.48. The smallest absolute Gasteiger partial charge is 0.369 e. The van der Waals surface area contributed by atoms with Crippen molar-refractivity contribution < 1.29 is 17.7 Å². The molecule has 1 aliphatic rings. The largest absolute Gasteiger partial charge is 0.416 e. The van der Waals surface area contributed by atoms with Crippen LogP contribution in [0.1, 0.15) is 29.7 Å². The van der Waals surface area contributed by atoms with Crippen LogP contribution >= 0.6 is 0 Å². The first-order chi connectivity index (χ1) is 17.3. The second-order valence-corrected chi connectivity index (χ2v) is 9.02. The van der Waals surface area contributed by atoms with Crippen LogP contribution in [0.4, 0.5) is 19.0 Å². The number of nitrogens with one attached hydrogen (secondary N) is 1. The number of hydrogen-bond donors (Lipinski definition) is 1. The monoisotopic (exact) mass is 496 g/mol. The molecule has 1 aromatic carbocycles. The summed E-state index contributed by atoms with van der Waals surface area (Å²) in [5.41, 5.74) is 2.54. The highest BCUT2D eigenvalue weighted by molar-refractivity contribution is 5.60. The minimum Gasteiger partial charge on any atom is -0.369 e. The highest BCUT2D eigenvalue weighted by Gasteiger charge is 2.30. The molecule has 4 heterocycles. The summed E-state index contributed by atoms with van der Waals surface area (Å²) in [5, 5.41) is 7.32. The number of likely N-dealkylation sites (tertiary alicyclic amines) is 1. The summed E-state index contributed by atoms with van der Waals surface area (Å²) >= 11 is 0. The summed E-state index contributed by atoms with van der Waals surface area (Å²) < 4.78 is 45.9. The Kier molecular flexibility index (Phi) is 6.77. The average molecular weight is 497 g/mol. The van der Waals surface area contributed by atoms with Gasteiger partial charge in [0.05, 0.1) is 11.1 Å². The zero-order valence-corrected chi connectivity index (χ0v) is 19.9. The average Bonchev–Trinajstić information content (AvgIpc) is 3.62. The van der Waals surface area contributed by atoms with E-state index in [-0.39, 0.29) is 5.82 Å². The zero-order chi connectivity index (χ0) is 25.1. The minimum absolute atomic E-state index is 0.237. The van der Waals surface area contributed by atoms with Crippen LogP contribution in [0.15, 0.2) is 59.4 Å². The van der Waals surface area contributed by atoms with Crippen molar-refractivity contribution in [3.05, 3.63) is 71.7 Å². The summed E-state index contributed by atoms with van der Waals surface area (Å²) in [4.78, 5) is 11.4. The van der Waals surface area contributed by atoms with Crippen molar-refractivity contribution in [3.8, 4) is 22.8 Å². The number of hydrogen-bond acceptors (Lipinski definition) is 6. The van der Waals surface area contributed by atoms with Gasteiger partial charge in [-0.25, -0.2) is 4.98 Å². The molecule has 7 nitrogen and oxygen atoms in total. The fraction of sp³-hybridized carbons (Fsp3) is 0.346. The van der Waals surface area contributed by atoms with E-state index in [1.807, 2.05) is 31.5 Å². The van der Waals surface area contributed by atoms with Gasteiger partial charge in [0.1, 0.15) is 5.82 Å². The number of aryl methyl sites for hydroxylation is 1. The molecule has 0 bridgehead atoms. The van der Waals surface area contributed by atoms with E-state index in [4.69, 9.17) is 4.52 Å². The van der Waals surface area contributed by atoms with Crippen molar-refractivity contribution in [3.63, 3.8) is 0 Å². The first kappa shape index (κ1) is 24.1. The lowest BCUT2D eigenvalue weighted by molar-refractivity contribution is -0.137. The Morgan fingerprint density at radius 3 is 2.50 bits per heavy atom. The fourth-order valence-corrected chi connectivity index (χ4v) is 4.34. The second kappa shape index (κ2) is 10.1. The number of aromatic nitrogens is 4. The van der Waals surface area contributed by atoms with E-state index in [9.17, 15) is 13.2 Å². The summed E-state index contributed by atoms with van der Waals surface area (Å²) in [6.45, 7) is 6.90. The third-order valence-corrected chi connectivity index (χ3v) is 6.37. The quantitative estimate of drug-likeness (QED) is 0.348. The van der Waals surface area contributed by atoms with E-state index >= 15 is 0 Å². The molecule has 0 atom stereocenters. The van der Waals surface area contributed by atoms with Gasteiger partial charge in [-0.1, -0.05) is 23.4 Å². The fourth-order valence-electron chi connectivity index (χ4n) is 4.34. The molecule has 1 N–H and O–H groups in total. The van der Waals surface area contributed by atoms with Gasteiger partial charge in [0.15, 0.2) is 0 Å². The highest BCUT2D eigenvalue weighted by atomic mass is 19.4. The highest BCUT2D eigenvalue weighted by Crippen LogP contribution is 2.31. The molecule has 0 saturated carbocycles. The molecule has 1 fully saturated rings. The second-order valence-electron chi connectivity index (χ2n) is 9.02. The van der Waals surface area contributed by atoms with E-state index in [0.29, 0.717) is 18.0 Å². The van der Waals surface area contributed by atoms with Crippen LogP contribution in [0.3, 0.4) is 0 Å². The SMILES string of the molecule is Cc1cc(-c2nc(-c3ccc(C(F)(F)F)cc3)no2)cn1Cc1ccc(NCCN2CCCC2)nc1. The lowest BCUT2D eigenvalue weighted by atomic mass is 10.1. The Labute approximate surface area is 207 Å². The van der Waals surface area contributed by atoms with Gasteiger partial charge < -0.3 is 19.3 Å². The molecule has 36 heavy (non-hydrogen) atoms. The van der Waals surface area contributed by atoms with Crippen molar-refractivity contribution in [1.29, 1.82) is 0 Å². The molecule has 1 aliphatic heterocycles. The van der Waals surface area contributed by atoms with Gasteiger partial charge in [0, 0.05) is 43.3 Å². The van der Waals surface area contributed by atoms with Gasteiger partial charge in [-0.05, 0) is 62.7 Å². The lowest BCUT2D eigenvalue weighted by Crippen LogP contribution is -2.26. The number of rotatable bonds is 8. The predicted molar refractivity (Wildman–Crippen MR) is 130 cm³/mol. The summed E-state index contributed by atoms with van der Waals surface area (Å²) in [7, 11) is 0. The standard InChI is InChI=1S/C26H27F3N6O/c1-18-14-21(25-32-24(33-36-25)20-5-7-22(8-6-20)26(27,28)29)17-35(18)16-19-4-9-23(31-15-19)30-10-13-34-11-2-3-12-34/h4-9,14-15,17H,2-3,10-13,16H2,1H3,(H,30,31). The molecule has 0 radical (unpaired) electrons. The van der Waals surface area contributed by atoms with Gasteiger partial charge in [-0.2, -0.15) is 18.2 Å². The molecule has 0 spiro atoms. The van der Waals surface area contributed by atoms with Gasteiger partial charge in [0.25, 0.3) is 5.89 Å². The van der Waals surface area contributed by atoms with E-state index < -0.39 is 11.7 Å². The lowest BCUT2D eigenvalue weighted by Gasteiger charge is -2.15. The molecule has 5 rings (SSSR count). The van der Waals surface area contributed by atoms with Crippen molar-refractivity contribution in [1.82, 2.24) is 24.6 Å². The van der Waals surface area contributed by atoms with Crippen molar-refractivity contribution >= 4 is 5.82 Å². The minimum atomic E-state index is -4.39. The van der Waals surface area contributed by atoms with Gasteiger partial charge >= 0.3 is 6.18 Å². The number of pyridine rings is 1. The number of anilines is 1. The maximum atomic E-state index is 12.8. The summed E-state index contributed by atoms with van der Waals surface area (Å²) in [5.74, 6) is 1.41. The molecular weight excluding hydrogens is 469 g/mol. The molecule has 10 heteroatoms. The van der Waals surface area contributed by atoms with Crippen LogP contribution in [0.2, 0.25) is 0 Å². The molecule has 0 unspecified atom stereocenters. The molecule has 0 amide bonds. The van der Waals surface area contributed by atoms with Crippen LogP contribution in [-0.2, 0) is 12.7 Å². The Hall–Kier alpha value is -3.66. The summed E-state index contributed by atoms with van der Waals surface area (Å²) in [6, 6.07) is 10.7. The van der Waals surface area contributed by atoms with Crippen LogP contribution < -0.4 is 5.32 Å². The van der Waals surface area contributed by atoms with Gasteiger partial charge in [-0.15, -0.1) is 0 Å². The number of halogens is 3. The molecule has 1 saturated heterocycles. The normalized spacial score (nSPS) is 14.4. The maximum absolute atomic E-state index is 12.8. The van der Waals surface area contributed by atoms with Crippen LogP contribution in [0, 0.1) is 6.92 Å². The topological polar surface area (TPSA) is 72.0 Å². The number of alkyl halides is 3. The van der Waals surface area contributed by atoms with Crippen LogP contribution in [0.5, 0.6) is 0 Å². The Morgan fingerprint density at radius 2 is 1.81 bits per heavy atom. The van der Waals surface area contributed by atoms with Crippen LogP contribution in [-0.4, -0.2) is 50.8 Å². The van der Waals surface area contributed by atoms with E-state index in [1.54, 1.807) is 0 Å². The first-order valence-electron chi connectivity index (χ1n) is 11.9. The first-order valence-corrected chi connectivity index (χ1v) is 11.9. The third-order valence-electron chi connectivity index (χ3n) is 6.37. The molecule has 0 aliphatic carbocycles. The molecule has 188 valence electrons. The third kappa shape index (κ3) is 5.59.